The number of hydrogen-bond acceptors (Lipinski definition) is 2. The minimum atomic E-state index is 0. The fourth-order valence-electron chi connectivity index (χ4n) is 2.19. The molecule has 1 aromatic rings. The number of carbonyl (C=O) groups excluding carboxylic acids is 1. The van der Waals surface area contributed by atoms with Crippen LogP contribution < -0.4 is 22.6 Å². The first-order valence-corrected chi connectivity index (χ1v) is 6.52. The van der Waals surface area contributed by atoms with Gasteiger partial charge in [0.15, 0.2) is 0 Å². The van der Waals surface area contributed by atoms with Crippen molar-refractivity contribution in [3.05, 3.63) is 35.4 Å². The fraction of sp³-hybridized carbons (Fsp3) is 0.500. The highest BCUT2D eigenvalue weighted by atomic mass is 35.5. The summed E-state index contributed by atoms with van der Waals surface area (Å²) in [4.78, 5) is 13.5. The van der Waals surface area contributed by atoms with Crippen LogP contribution in [0.4, 0.5) is 0 Å². The molecule has 0 aliphatic carbocycles. The molecule has 2 N–H and O–H groups in total. The first kappa shape index (κ1) is 16.0. The Morgan fingerprint density at radius 1 is 1.32 bits per heavy atom. The molecule has 5 heteroatoms. The lowest BCUT2D eigenvalue weighted by molar-refractivity contribution is -0.906. The van der Waals surface area contributed by atoms with Gasteiger partial charge in [-0.15, -0.1) is 0 Å². The summed E-state index contributed by atoms with van der Waals surface area (Å²) >= 11 is 0. The highest BCUT2D eigenvalue weighted by Crippen LogP contribution is 2.05. The summed E-state index contributed by atoms with van der Waals surface area (Å²) in [6.45, 7) is 7.41. The van der Waals surface area contributed by atoms with Gasteiger partial charge in [-0.3, -0.25) is 4.79 Å². The van der Waals surface area contributed by atoms with Gasteiger partial charge in [-0.2, -0.15) is 0 Å². The second-order valence-electron chi connectivity index (χ2n) is 4.68. The Balaban J connectivity index is 0.00000180. The molecule has 0 saturated carbocycles. The second kappa shape index (κ2) is 8.15. The molecule has 0 spiro atoms. The molecule has 1 saturated heterocycles. The summed E-state index contributed by atoms with van der Waals surface area (Å²) in [5, 5.41) is 2.99. The Bertz CT molecular complexity index is 406. The predicted molar refractivity (Wildman–Crippen MR) is 69.9 cm³/mol. The van der Waals surface area contributed by atoms with Crippen LogP contribution in [0, 0.1) is 6.92 Å². The van der Waals surface area contributed by atoms with E-state index < -0.39 is 0 Å². The Morgan fingerprint density at radius 3 is 2.68 bits per heavy atom. The van der Waals surface area contributed by atoms with Crippen molar-refractivity contribution in [2.24, 2.45) is 0 Å². The van der Waals surface area contributed by atoms with Crippen LogP contribution in [0.25, 0.3) is 0 Å². The number of hydrogen-bond donors (Lipinski definition) is 2. The van der Waals surface area contributed by atoms with Gasteiger partial charge in [0.25, 0.3) is 5.91 Å². The van der Waals surface area contributed by atoms with E-state index in [0.717, 1.165) is 50.5 Å². The van der Waals surface area contributed by atoms with Crippen molar-refractivity contribution in [1.82, 2.24) is 5.32 Å². The van der Waals surface area contributed by atoms with E-state index in [4.69, 9.17) is 4.74 Å². The van der Waals surface area contributed by atoms with E-state index in [0.29, 0.717) is 0 Å². The average molecular weight is 285 g/mol. The van der Waals surface area contributed by atoms with Crippen LogP contribution in [0.15, 0.2) is 24.3 Å². The topological polar surface area (TPSA) is 42.8 Å². The number of halogens is 1. The maximum absolute atomic E-state index is 12.0. The average Bonchev–Trinajstić information content (AvgIpc) is 2.40. The molecule has 4 nitrogen and oxygen atoms in total. The molecule has 0 radical (unpaired) electrons. The van der Waals surface area contributed by atoms with Crippen LogP contribution in [0.1, 0.15) is 15.9 Å². The molecule has 1 amide bonds. The lowest BCUT2D eigenvalue weighted by Crippen LogP contribution is -3.14. The molecule has 0 atom stereocenters. The summed E-state index contributed by atoms with van der Waals surface area (Å²) in [7, 11) is 0. The smallest absolute Gasteiger partial charge is 0.251 e. The first-order chi connectivity index (χ1) is 8.77. The predicted octanol–water partition coefficient (Wildman–Crippen LogP) is -3.36. The van der Waals surface area contributed by atoms with Crippen molar-refractivity contribution in [3.63, 3.8) is 0 Å². The number of morpholine rings is 1. The van der Waals surface area contributed by atoms with Gasteiger partial charge >= 0.3 is 0 Å². The van der Waals surface area contributed by atoms with E-state index in [-0.39, 0.29) is 18.3 Å². The summed E-state index contributed by atoms with van der Waals surface area (Å²) < 4.78 is 5.30. The number of rotatable bonds is 4. The van der Waals surface area contributed by atoms with Gasteiger partial charge in [-0.25, -0.2) is 0 Å². The van der Waals surface area contributed by atoms with E-state index in [2.05, 4.69) is 5.32 Å². The summed E-state index contributed by atoms with van der Waals surface area (Å²) in [5.74, 6) is 0.0285. The van der Waals surface area contributed by atoms with Crippen molar-refractivity contribution in [1.29, 1.82) is 0 Å². The molecule has 106 valence electrons. The molecule has 19 heavy (non-hydrogen) atoms. The molecule has 0 bridgehead atoms. The van der Waals surface area contributed by atoms with Gasteiger partial charge in [-0.1, -0.05) is 18.2 Å². The first-order valence-electron chi connectivity index (χ1n) is 6.52. The molecule has 1 heterocycles. The summed E-state index contributed by atoms with van der Waals surface area (Å²) in [6.07, 6.45) is 0. The van der Waals surface area contributed by atoms with E-state index in [1.807, 2.05) is 31.2 Å². The van der Waals surface area contributed by atoms with Gasteiger partial charge in [0, 0.05) is 5.56 Å². The number of nitrogens with one attached hydrogen (secondary N) is 2. The standard InChI is InChI=1S/C14H20N2O2.ClH/c1-12-4-2-3-5-13(12)14(17)15-6-7-16-8-10-18-11-9-16;/h2-5H,6-11H2,1H3,(H,15,17);1H. The lowest BCUT2D eigenvalue weighted by atomic mass is 10.1. The molecule has 0 unspecified atom stereocenters. The van der Waals surface area contributed by atoms with Gasteiger partial charge in [0.2, 0.25) is 0 Å². The Labute approximate surface area is 120 Å². The van der Waals surface area contributed by atoms with Crippen molar-refractivity contribution in [2.45, 2.75) is 6.92 Å². The van der Waals surface area contributed by atoms with E-state index in [9.17, 15) is 4.79 Å². The third-order valence-electron chi connectivity index (χ3n) is 3.35. The Hall–Kier alpha value is -1.10. The van der Waals surface area contributed by atoms with E-state index in [1.165, 1.54) is 4.90 Å². The third kappa shape index (κ3) is 4.82. The SMILES string of the molecule is Cc1ccccc1C(=O)NCC[NH+]1CCOCC1.[Cl-]. The molecule has 1 aliphatic heterocycles. The minimum absolute atomic E-state index is 0. The Morgan fingerprint density at radius 2 is 2.00 bits per heavy atom. The number of carbonyl (C=O) groups is 1. The Kier molecular flexibility index (Phi) is 6.84. The zero-order chi connectivity index (χ0) is 12.8. The van der Waals surface area contributed by atoms with Gasteiger partial charge in [0.05, 0.1) is 26.3 Å². The number of benzene rings is 1. The van der Waals surface area contributed by atoms with Gasteiger partial charge < -0.3 is 27.4 Å². The lowest BCUT2D eigenvalue weighted by Gasteiger charge is -2.23. The number of aryl methyl sites for hydroxylation is 1. The van der Waals surface area contributed by atoms with Crippen LogP contribution in [-0.4, -0.2) is 45.3 Å². The maximum Gasteiger partial charge on any atom is 0.251 e. The van der Waals surface area contributed by atoms with Crippen LogP contribution in [0.2, 0.25) is 0 Å². The van der Waals surface area contributed by atoms with Crippen molar-refractivity contribution < 1.29 is 26.8 Å². The summed E-state index contributed by atoms with van der Waals surface area (Å²) in [6, 6.07) is 7.67. The van der Waals surface area contributed by atoms with Crippen LogP contribution in [-0.2, 0) is 4.74 Å². The highest BCUT2D eigenvalue weighted by molar-refractivity contribution is 5.95. The number of amides is 1. The molecule has 2 rings (SSSR count). The minimum Gasteiger partial charge on any atom is -1.00 e. The number of quaternary nitrogens is 1. The van der Waals surface area contributed by atoms with Crippen molar-refractivity contribution >= 4 is 5.91 Å². The highest BCUT2D eigenvalue weighted by Gasteiger charge is 2.14. The van der Waals surface area contributed by atoms with E-state index >= 15 is 0 Å². The fourth-order valence-corrected chi connectivity index (χ4v) is 2.19. The van der Waals surface area contributed by atoms with Crippen LogP contribution >= 0.6 is 0 Å². The largest absolute Gasteiger partial charge is 1.00 e. The molecule has 1 aliphatic rings. The maximum atomic E-state index is 12.0. The van der Waals surface area contributed by atoms with Crippen molar-refractivity contribution in [3.8, 4) is 0 Å². The normalized spacial score (nSPS) is 15.6. The molecular weight excluding hydrogens is 264 g/mol. The monoisotopic (exact) mass is 284 g/mol. The molecule has 1 aromatic carbocycles. The third-order valence-corrected chi connectivity index (χ3v) is 3.35. The van der Waals surface area contributed by atoms with Crippen LogP contribution in [0.5, 0.6) is 0 Å². The van der Waals surface area contributed by atoms with Crippen LogP contribution in [0.3, 0.4) is 0 Å². The molecule has 1 fully saturated rings. The zero-order valence-electron chi connectivity index (χ0n) is 11.2. The van der Waals surface area contributed by atoms with Gasteiger partial charge in [-0.05, 0) is 18.6 Å². The molecule has 0 aromatic heterocycles. The molecular formula is C14H21ClN2O2. The van der Waals surface area contributed by atoms with E-state index in [1.54, 1.807) is 0 Å². The quantitative estimate of drug-likeness (QED) is 0.607. The van der Waals surface area contributed by atoms with Gasteiger partial charge in [0.1, 0.15) is 13.1 Å². The second-order valence-corrected chi connectivity index (χ2v) is 4.68. The summed E-state index contributed by atoms with van der Waals surface area (Å²) in [5.41, 5.74) is 1.79. The van der Waals surface area contributed by atoms with Crippen molar-refractivity contribution in [2.75, 3.05) is 39.4 Å². The number of ether oxygens (including phenoxy) is 1. The zero-order valence-corrected chi connectivity index (χ0v) is 12.0.